The minimum absolute atomic E-state index is 0.0116. The van der Waals surface area contributed by atoms with Crippen LogP contribution in [0.4, 0.5) is 13.2 Å². The first-order valence-electron chi connectivity index (χ1n) is 6.29. The van der Waals surface area contributed by atoms with E-state index in [9.17, 15) is 23.2 Å². The van der Waals surface area contributed by atoms with Gasteiger partial charge >= 0.3 is 0 Å². The fraction of sp³-hybridized carbons (Fsp3) is 0.214. The first-order valence-corrected chi connectivity index (χ1v) is 6.29. The summed E-state index contributed by atoms with van der Waals surface area (Å²) in [7, 11) is 1.68. The summed E-state index contributed by atoms with van der Waals surface area (Å²) in [5.41, 5.74) is -0.132. The largest absolute Gasteiger partial charge is 0.314 e. The Hall–Kier alpha value is -2.82. The van der Waals surface area contributed by atoms with Crippen molar-refractivity contribution in [3.8, 4) is 6.07 Å². The van der Waals surface area contributed by atoms with Crippen LogP contribution in [-0.2, 0) is 13.6 Å². The molecule has 0 aliphatic carbocycles. The number of rotatable bonds is 2. The summed E-state index contributed by atoms with van der Waals surface area (Å²) in [6.07, 6.45) is 3.12. The number of nitriles is 1. The number of halogens is 3. The molecule has 22 heavy (non-hydrogen) atoms. The second-order valence-corrected chi connectivity index (χ2v) is 4.94. The van der Waals surface area contributed by atoms with Crippen LogP contribution in [-0.4, -0.2) is 20.6 Å². The highest BCUT2D eigenvalue weighted by atomic mass is 19.2. The summed E-state index contributed by atoms with van der Waals surface area (Å²) < 4.78 is 42.0. The highest BCUT2D eigenvalue weighted by molar-refractivity contribution is 6.00. The van der Waals surface area contributed by atoms with E-state index in [0.29, 0.717) is 11.6 Å². The molecule has 5 nitrogen and oxygen atoms in total. The van der Waals surface area contributed by atoms with Gasteiger partial charge in [0.15, 0.2) is 17.5 Å². The maximum atomic E-state index is 13.9. The molecule has 1 aromatic heterocycles. The van der Waals surface area contributed by atoms with Gasteiger partial charge in [-0.25, -0.2) is 13.2 Å². The Morgan fingerprint density at radius 3 is 2.68 bits per heavy atom. The number of hydrogen-bond donors (Lipinski definition) is 0. The Bertz CT molecular complexity index is 824. The molecule has 1 atom stereocenters. The quantitative estimate of drug-likeness (QED) is 0.798. The zero-order valence-corrected chi connectivity index (χ0v) is 11.3. The van der Waals surface area contributed by atoms with E-state index in [-0.39, 0.29) is 12.1 Å². The van der Waals surface area contributed by atoms with Crippen LogP contribution in [0.2, 0.25) is 0 Å². The minimum atomic E-state index is -1.72. The van der Waals surface area contributed by atoms with Crippen molar-refractivity contribution in [3.63, 3.8) is 0 Å². The average molecular weight is 306 g/mol. The molecule has 2 aromatic rings. The lowest BCUT2D eigenvalue weighted by molar-refractivity contribution is 0.0740. The molecule has 0 fully saturated rings. The lowest BCUT2D eigenvalue weighted by Crippen LogP contribution is -2.27. The van der Waals surface area contributed by atoms with Crippen molar-refractivity contribution in [2.75, 3.05) is 0 Å². The lowest BCUT2D eigenvalue weighted by atomic mass is 10.0. The zero-order valence-electron chi connectivity index (χ0n) is 11.3. The van der Waals surface area contributed by atoms with Crippen LogP contribution >= 0.6 is 0 Å². The third kappa shape index (κ3) is 1.94. The molecule has 0 N–H and O–H groups in total. The summed E-state index contributed by atoms with van der Waals surface area (Å²) >= 11 is 0. The molecular weight excluding hydrogens is 297 g/mol. The molecule has 1 aromatic carbocycles. The van der Waals surface area contributed by atoms with Gasteiger partial charge in [-0.2, -0.15) is 10.4 Å². The van der Waals surface area contributed by atoms with Crippen LogP contribution in [0.1, 0.15) is 27.5 Å². The predicted octanol–water partition coefficient (Wildman–Crippen LogP) is 2.06. The van der Waals surface area contributed by atoms with Crippen LogP contribution in [0.5, 0.6) is 0 Å². The van der Waals surface area contributed by atoms with E-state index < -0.39 is 35.0 Å². The van der Waals surface area contributed by atoms with Gasteiger partial charge in [0.05, 0.1) is 24.4 Å². The number of nitrogens with zero attached hydrogens (tertiary/aromatic N) is 4. The van der Waals surface area contributed by atoms with E-state index in [1.807, 2.05) is 6.07 Å². The number of hydrogen-bond acceptors (Lipinski definition) is 3. The average Bonchev–Trinajstić information content (AvgIpc) is 2.99. The third-order valence-corrected chi connectivity index (χ3v) is 3.51. The van der Waals surface area contributed by atoms with E-state index in [1.54, 1.807) is 13.2 Å². The van der Waals surface area contributed by atoms with Crippen LogP contribution in [0, 0.1) is 28.8 Å². The maximum Gasteiger partial charge on any atom is 0.258 e. The predicted molar refractivity (Wildman–Crippen MR) is 67.8 cm³/mol. The topological polar surface area (TPSA) is 61.9 Å². The molecule has 0 spiro atoms. The molecule has 2 heterocycles. The minimum Gasteiger partial charge on any atom is -0.314 e. The van der Waals surface area contributed by atoms with Crippen molar-refractivity contribution >= 4 is 5.91 Å². The fourth-order valence-electron chi connectivity index (χ4n) is 2.53. The molecule has 3 rings (SSSR count). The van der Waals surface area contributed by atoms with Crippen molar-refractivity contribution in [2.45, 2.75) is 12.6 Å². The van der Waals surface area contributed by atoms with Crippen molar-refractivity contribution in [1.29, 1.82) is 5.26 Å². The van der Waals surface area contributed by atoms with Gasteiger partial charge in [0.2, 0.25) is 0 Å². The van der Waals surface area contributed by atoms with Crippen LogP contribution < -0.4 is 0 Å². The van der Waals surface area contributed by atoms with Gasteiger partial charge in [0, 0.05) is 24.4 Å². The summed E-state index contributed by atoms with van der Waals surface area (Å²) in [5.74, 6) is -5.55. The Labute approximate surface area is 123 Å². The second kappa shape index (κ2) is 4.87. The first kappa shape index (κ1) is 14.1. The number of carbonyl (C=O) groups excluding carboxylic acids is 1. The molecule has 0 saturated heterocycles. The maximum absolute atomic E-state index is 13.9. The smallest absolute Gasteiger partial charge is 0.258 e. The number of aromatic nitrogens is 2. The van der Waals surface area contributed by atoms with Gasteiger partial charge in [0.25, 0.3) is 5.91 Å². The summed E-state index contributed by atoms with van der Waals surface area (Å²) in [6, 6.07) is 1.35. The van der Waals surface area contributed by atoms with E-state index in [0.717, 1.165) is 4.90 Å². The summed E-state index contributed by atoms with van der Waals surface area (Å²) in [5, 5.41) is 13.2. The number of amides is 1. The SMILES string of the molecule is Cn1cc(CN2C(=O)c3c(cc(F)c(F)c3F)C2C#N)cn1. The van der Waals surface area contributed by atoms with Gasteiger partial charge in [0.1, 0.15) is 6.04 Å². The number of carbonyl (C=O) groups is 1. The van der Waals surface area contributed by atoms with Crippen molar-refractivity contribution in [2.24, 2.45) is 7.05 Å². The van der Waals surface area contributed by atoms with E-state index in [2.05, 4.69) is 5.10 Å². The first-order chi connectivity index (χ1) is 10.4. The molecule has 0 radical (unpaired) electrons. The zero-order chi connectivity index (χ0) is 16.0. The third-order valence-electron chi connectivity index (χ3n) is 3.51. The number of aryl methyl sites for hydroxylation is 1. The summed E-state index contributed by atoms with van der Waals surface area (Å²) in [6.45, 7) is -0.0116. The monoisotopic (exact) mass is 306 g/mol. The Kier molecular flexibility index (Phi) is 3.13. The van der Waals surface area contributed by atoms with Gasteiger partial charge in [-0.15, -0.1) is 0 Å². The molecule has 1 amide bonds. The molecule has 0 bridgehead atoms. The molecule has 1 unspecified atom stereocenters. The fourth-order valence-corrected chi connectivity index (χ4v) is 2.53. The molecule has 1 aliphatic heterocycles. The second-order valence-electron chi connectivity index (χ2n) is 4.94. The van der Waals surface area contributed by atoms with E-state index in [1.165, 1.54) is 10.9 Å². The van der Waals surface area contributed by atoms with Gasteiger partial charge in [-0.05, 0) is 6.07 Å². The van der Waals surface area contributed by atoms with E-state index >= 15 is 0 Å². The number of benzene rings is 1. The summed E-state index contributed by atoms with van der Waals surface area (Å²) in [4.78, 5) is 13.3. The van der Waals surface area contributed by atoms with Gasteiger partial charge in [-0.1, -0.05) is 0 Å². The molecule has 0 saturated carbocycles. The van der Waals surface area contributed by atoms with Crippen LogP contribution in [0.3, 0.4) is 0 Å². The molecular formula is C14H9F3N4O. The van der Waals surface area contributed by atoms with Crippen LogP contribution in [0.25, 0.3) is 0 Å². The Morgan fingerprint density at radius 1 is 1.36 bits per heavy atom. The van der Waals surface area contributed by atoms with Gasteiger partial charge in [-0.3, -0.25) is 9.48 Å². The molecule has 1 aliphatic rings. The molecule has 112 valence electrons. The van der Waals surface area contributed by atoms with Crippen molar-refractivity contribution in [3.05, 3.63) is 52.6 Å². The van der Waals surface area contributed by atoms with Crippen molar-refractivity contribution < 1.29 is 18.0 Å². The van der Waals surface area contributed by atoms with Gasteiger partial charge < -0.3 is 4.90 Å². The normalized spacial score (nSPS) is 16.8. The van der Waals surface area contributed by atoms with Crippen molar-refractivity contribution in [1.82, 2.24) is 14.7 Å². The standard InChI is InChI=1S/C14H9F3N4O/c1-20-5-7(4-19-20)6-21-10(3-18)8-2-9(15)12(16)13(17)11(8)14(21)22/h2,4-5,10H,6H2,1H3. The highest BCUT2D eigenvalue weighted by Crippen LogP contribution is 2.37. The number of fused-ring (bicyclic) bond motifs is 1. The lowest BCUT2D eigenvalue weighted by Gasteiger charge is -2.18. The molecule has 8 heteroatoms. The van der Waals surface area contributed by atoms with Crippen LogP contribution in [0.15, 0.2) is 18.5 Å². The van der Waals surface area contributed by atoms with E-state index in [4.69, 9.17) is 0 Å². The Morgan fingerprint density at radius 2 is 2.09 bits per heavy atom. The Balaban J connectivity index is 2.06. The highest BCUT2D eigenvalue weighted by Gasteiger charge is 2.41.